The van der Waals surface area contributed by atoms with Crippen molar-refractivity contribution in [3.8, 4) is 0 Å². The van der Waals surface area contributed by atoms with Gasteiger partial charge in [-0.1, -0.05) is 29.8 Å². The van der Waals surface area contributed by atoms with Gasteiger partial charge in [0, 0.05) is 16.9 Å². The summed E-state index contributed by atoms with van der Waals surface area (Å²) in [6, 6.07) is 0. The van der Waals surface area contributed by atoms with E-state index in [-0.39, 0.29) is 16.7 Å². The first-order valence-corrected chi connectivity index (χ1v) is 4.79. The molecule has 0 aliphatic heterocycles. The lowest BCUT2D eigenvalue weighted by atomic mass is 9.93. The van der Waals surface area contributed by atoms with Crippen LogP contribution in [0.15, 0.2) is 23.3 Å². The van der Waals surface area contributed by atoms with Crippen LogP contribution in [0.1, 0.15) is 0 Å². The van der Waals surface area contributed by atoms with Crippen LogP contribution in [-0.2, 0) is 0 Å². The summed E-state index contributed by atoms with van der Waals surface area (Å²) in [5.41, 5.74) is 0. The summed E-state index contributed by atoms with van der Waals surface area (Å²) in [6.07, 6.45) is 6.08. The van der Waals surface area contributed by atoms with Crippen molar-refractivity contribution in [3.63, 3.8) is 0 Å². The molecule has 0 radical (unpaired) electrons. The molecule has 0 nitrogen and oxygen atoms in total. The first kappa shape index (κ1) is 7.97. The Morgan fingerprint density at radius 2 is 1.91 bits per heavy atom. The largest absolute Gasteiger partial charge is 0.121 e. The van der Waals surface area contributed by atoms with Crippen LogP contribution in [0.3, 0.4) is 0 Å². The molecule has 0 saturated heterocycles. The van der Waals surface area contributed by atoms with Crippen molar-refractivity contribution in [1.29, 1.82) is 0 Å². The molecule has 1 unspecified atom stereocenters. The quantitative estimate of drug-likeness (QED) is 0.425. The van der Waals surface area contributed by atoms with Crippen molar-refractivity contribution in [2.45, 2.75) is 10.8 Å². The third-order valence-corrected chi connectivity index (χ3v) is 3.82. The van der Waals surface area contributed by atoms with Gasteiger partial charge in [-0.3, -0.25) is 0 Å². The monoisotopic (exact) mass is 208 g/mol. The van der Waals surface area contributed by atoms with Crippen molar-refractivity contribution in [2.75, 3.05) is 0 Å². The van der Waals surface area contributed by atoms with Crippen LogP contribution in [0, 0.1) is 11.8 Å². The summed E-state index contributed by atoms with van der Waals surface area (Å²) in [7, 11) is 0. The molecule has 0 amide bonds. The molecule has 11 heavy (non-hydrogen) atoms. The van der Waals surface area contributed by atoms with Crippen LogP contribution >= 0.6 is 34.8 Å². The summed E-state index contributed by atoms with van der Waals surface area (Å²) in [5.74, 6) is 0.519. The molecule has 0 aromatic carbocycles. The average Bonchev–Trinajstić information content (AvgIpc) is 2.23. The van der Waals surface area contributed by atoms with Crippen molar-refractivity contribution < 1.29 is 0 Å². The number of hydrogen-bond donors (Lipinski definition) is 0. The Balaban J connectivity index is 2.36. The molecule has 0 heterocycles. The third-order valence-electron chi connectivity index (χ3n) is 2.24. The van der Waals surface area contributed by atoms with Gasteiger partial charge in [0.2, 0.25) is 0 Å². The SMILES string of the molecule is ClC1=C[C@@H]2C=C[C@@H](C2Cl)[C@@H]1Cl. The predicted octanol–water partition coefficient (Wildman–Crippen LogP) is 3.14. The number of allylic oxidation sites excluding steroid dienone is 4. The minimum atomic E-state index is -0.117. The van der Waals surface area contributed by atoms with E-state index < -0.39 is 0 Å². The highest BCUT2D eigenvalue weighted by atomic mass is 35.5. The standard InChI is InChI=1S/C8H7Cl3/c9-6-3-4-1-2-5(7(4)10)8(6)11/h1-5,7-8H/t4-,5-,7?,8-/m0/s1. The van der Waals surface area contributed by atoms with Crippen molar-refractivity contribution in [3.05, 3.63) is 23.3 Å². The van der Waals surface area contributed by atoms with Gasteiger partial charge in [0.1, 0.15) is 0 Å². The molecule has 2 bridgehead atoms. The van der Waals surface area contributed by atoms with E-state index in [2.05, 4.69) is 12.2 Å². The smallest absolute Gasteiger partial charge is 0.0766 e. The zero-order valence-corrected chi connectivity index (χ0v) is 7.94. The van der Waals surface area contributed by atoms with Crippen LogP contribution in [0.25, 0.3) is 0 Å². The molecular formula is C8H7Cl3. The summed E-state index contributed by atoms with van der Waals surface area (Å²) >= 11 is 18.0. The topological polar surface area (TPSA) is 0 Å². The fourth-order valence-corrected chi connectivity index (χ4v) is 2.66. The second-order valence-corrected chi connectivity index (χ2v) is 4.35. The third kappa shape index (κ3) is 1.12. The highest BCUT2D eigenvalue weighted by Crippen LogP contribution is 2.43. The predicted molar refractivity (Wildman–Crippen MR) is 49.3 cm³/mol. The molecule has 4 atom stereocenters. The van der Waals surface area contributed by atoms with Crippen LogP contribution in [0.5, 0.6) is 0 Å². The van der Waals surface area contributed by atoms with Gasteiger partial charge in [-0.25, -0.2) is 0 Å². The Hall–Kier alpha value is 0.350. The van der Waals surface area contributed by atoms with Crippen LogP contribution < -0.4 is 0 Å². The molecule has 2 aliphatic carbocycles. The van der Waals surface area contributed by atoms with Gasteiger partial charge in [-0.15, -0.1) is 23.2 Å². The van der Waals surface area contributed by atoms with Gasteiger partial charge in [-0.05, 0) is 0 Å². The maximum atomic E-state index is 6.09. The number of alkyl halides is 2. The zero-order valence-electron chi connectivity index (χ0n) is 5.68. The maximum absolute atomic E-state index is 6.09. The van der Waals surface area contributed by atoms with Crippen LogP contribution in [0.2, 0.25) is 0 Å². The van der Waals surface area contributed by atoms with Gasteiger partial charge < -0.3 is 0 Å². The Morgan fingerprint density at radius 1 is 1.18 bits per heavy atom. The molecule has 60 valence electrons. The summed E-state index contributed by atoms with van der Waals surface area (Å²) in [6.45, 7) is 0. The van der Waals surface area contributed by atoms with E-state index in [0.717, 1.165) is 5.03 Å². The van der Waals surface area contributed by atoms with Gasteiger partial charge in [0.25, 0.3) is 0 Å². The second kappa shape index (κ2) is 2.69. The van der Waals surface area contributed by atoms with Crippen molar-refractivity contribution >= 4 is 34.8 Å². The van der Waals surface area contributed by atoms with E-state index in [9.17, 15) is 0 Å². The zero-order chi connectivity index (χ0) is 8.01. The van der Waals surface area contributed by atoms with Crippen molar-refractivity contribution in [2.24, 2.45) is 11.8 Å². The highest BCUT2D eigenvalue weighted by Gasteiger charge is 2.38. The first-order valence-electron chi connectivity index (χ1n) is 3.54. The lowest BCUT2D eigenvalue weighted by molar-refractivity contribution is 0.571. The van der Waals surface area contributed by atoms with Crippen molar-refractivity contribution in [1.82, 2.24) is 0 Å². The second-order valence-electron chi connectivity index (χ2n) is 2.94. The molecule has 0 aromatic heterocycles. The van der Waals surface area contributed by atoms with Gasteiger partial charge in [-0.2, -0.15) is 0 Å². The summed E-state index contributed by atoms with van der Waals surface area (Å²) in [4.78, 5) is 0. The van der Waals surface area contributed by atoms with E-state index in [0.29, 0.717) is 5.92 Å². The number of halogens is 3. The number of rotatable bonds is 0. The number of fused-ring (bicyclic) bond motifs is 2. The lowest BCUT2D eigenvalue weighted by Crippen LogP contribution is -2.28. The normalized spacial score (nSPS) is 47.7. The van der Waals surface area contributed by atoms with Gasteiger partial charge in [0.15, 0.2) is 0 Å². The molecule has 0 fully saturated rings. The van der Waals surface area contributed by atoms with Gasteiger partial charge in [0.05, 0.1) is 10.8 Å². The Labute approximate surface area is 80.8 Å². The van der Waals surface area contributed by atoms with E-state index in [1.807, 2.05) is 6.08 Å². The lowest BCUT2D eigenvalue weighted by Gasteiger charge is -2.26. The molecule has 3 heteroatoms. The molecule has 0 spiro atoms. The number of hydrogen-bond acceptors (Lipinski definition) is 0. The Bertz CT molecular complexity index is 231. The minimum Gasteiger partial charge on any atom is -0.121 e. The Morgan fingerprint density at radius 3 is 2.64 bits per heavy atom. The summed E-state index contributed by atoms with van der Waals surface area (Å²) < 4.78 is 0. The van der Waals surface area contributed by atoms with Crippen LogP contribution in [0.4, 0.5) is 0 Å². The molecule has 0 N–H and O–H groups in total. The van der Waals surface area contributed by atoms with E-state index >= 15 is 0 Å². The molecule has 2 aliphatic rings. The van der Waals surface area contributed by atoms with E-state index in [1.54, 1.807) is 0 Å². The first-order chi connectivity index (χ1) is 5.20. The van der Waals surface area contributed by atoms with Crippen LogP contribution in [-0.4, -0.2) is 10.8 Å². The summed E-state index contributed by atoms with van der Waals surface area (Å²) in [5, 5.41) is 0.734. The molecule has 0 aromatic rings. The van der Waals surface area contributed by atoms with E-state index in [1.165, 1.54) is 0 Å². The highest BCUT2D eigenvalue weighted by molar-refractivity contribution is 6.38. The maximum Gasteiger partial charge on any atom is 0.0766 e. The fourth-order valence-electron chi connectivity index (χ4n) is 1.59. The molecule has 2 rings (SSSR count). The fraction of sp³-hybridized carbons (Fsp3) is 0.500. The molecule has 0 saturated carbocycles. The minimum absolute atomic E-state index is 0.111. The molecular weight excluding hydrogens is 202 g/mol. The average molecular weight is 210 g/mol. The van der Waals surface area contributed by atoms with Gasteiger partial charge >= 0.3 is 0 Å². The Kier molecular flexibility index (Phi) is 1.95. The van der Waals surface area contributed by atoms with E-state index in [4.69, 9.17) is 34.8 Å².